The van der Waals surface area contributed by atoms with Crippen molar-refractivity contribution < 1.29 is 14.3 Å². The van der Waals surface area contributed by atoms with Crippen LogP contribution >= 0.6 is 11.3 Å². The zero-order valence-electron chi connectivity index (χ0n) is 12.5. The van der Waals surface area contributed by atoms with Crippen LogP contribution in [0.4, 0.5) is 0 Å². The molecule has 0 spiro atoms. The third-order valence-electron chi connectivity index (χ3n) is 3.59. The van der Waals surface area contributed by atoms with E-state index in [0.717, 1.165) is 26.3 Å². The lowest BCUT2D eigenvalue weighted by molar-refractivity contribution is -0.145. The summed E-state index contributed by atoms with van der Waals surface area (Å²) < 4.78 is 10.6. The van der Waals surface area contributed by atoms with Crippen LogP contribution in [0.3, 0.4) is 0 Å². The van der Waals surface area contributed by atoms with E-state index in [9.17, 15) is 4.79 Å². The summed E-state index contributed by atoms with van der Waals surface area (Å²) in [5.74, 6) is -0.118. The van der Waals surface area contributed by atoms with Gasteiger partial charge in [0.2, 0.25) is 0 Å². The molecule has 0 saturated carbocycles. The molecule has 0 aliphatic carbocycles. The number of thiophene rings is 1. The van der Waals surface area contributed by atoms with Gasteiger partial charge in [-0.2, -0.15) is 0 Å². The summed E-state index contributed by atoms with van der Waals surface area (Å²) in [6, 6.07) is 2.32. The Kier molecular flexibility index (Phi) is 5.57. The molecular formula is C15H23NO3S. The molecule has 4 nitrogen and oxygen atoms in total. The lowest BCUT2D eigenvalue weighted by Crippen LogP contribution is -2.40. The molecule has 1 fully saturated rings. The number of carbonyl (C=O) groups is 1. The standard InChI is InChI=1S/C15H23NO3S/c1-4-19-15(17)10-14(16-5-7-18-8-6-16)13-9-11(2)20-12(13)3/h9,14H,4-8,10H2,1-3H3. The largest absolute Gasteiger partial charge is 0.466 e. The molecule has 0 bridgehead atoms. The van der Waals surface area contributed by atoms with Crippen molar-refractivity contribution in [3.63, 3.8) is 0 Å². The maximum atomic E-state index is 11.9. The van der Waals surface area contributed by atoms with E-state index in [-0.39, 0.29) is 12.0 Å². The van der Waals surface area contributed by atoms with Crippen molar-refractivity contribution in [2.45, 2.75) is 33.2 Å². The maximum absolute atomic E-state index is 11.9. The number of morpholine rings is 1. The molecule has 1 aromatic heterocycles. The third-order valence-corrected chi connectivity index (χ3v) is 4.57. The highest BCUT2D eigenvalue weighted by atomic mass is 32.1. The van der Waals surface area contributed by atoms with E-state index in [1.54, 1.807) is 11.3 Å². The van der Waals surface area contributed by atoms with Crippen molar-refractivity contribution in [2.75, 3.05) is 32.9 Å². The minimum absolute atomic E-state index is 0.114. The lowest BCUT2D eigenvalue weighted by Gasteiger charge is -2.34. The number of rotatable bonds is 5. The highest BCUT2D eigenvalue weighted by Gasteiger charge is 2.27. The molecule has 5 heteroatoms. The number of nitrogens with zero attached hydrogens (tertiary/aromatic N) is 1. The van der Waals surface area contributed by atoms with E-state index in [4.69, 9.17) is 9.47 Å². The Morgan fingerprint density at radius 2 is 2.15 bits per heavy atom. The van der Waals surface area contributed by atoms with Gasteiger partial charge < -0.3 is 9.47 Å². The first-order valence-corrected chi connectivity index (χ1v) is 7.97. The predicted molar refractivity (Wildman–Crippen MR) is 80.2 cm³/mol. The molecule has 0 radical (unpaired) electrons. The van der Waals surface area contributed by atoms with Gasteiger partial charge in [-0.25, -0.2) is 0 Å². The van der Waals surface area contributed by atoms with Crippen LogP contribution in [-0.2, 0) is 14.3 Å². The van der Waals surface area contributed by atoms with Crippen molar-refractivity contribution in [2.24, 2.45) is 0 Å². The second-order valence-electron chi connectivity index (χ2n) is 5.04. The molecule has 0 N–H and O–H groups in total. The first-order valence-electron chi connectivity index (χ1n) is 7.16. The van der Waals surface area contributed by atoms with Gasteiger partial charge in [0.1, 0.15) is 0 Å². The predicted octanol–water partition coefficient (Wildman–Crippen LogP) is 2.69. The SMILES string of the molecule is CCOC(=O)CC(c1cc(C)sc1C)N1CCOCC1. The summed E-state index contributed by atoms with van der Waals surface area (Å²) in [4.78, 5) is 16.8. The van der Waals surface area contributed by atoms with Crippen LogP contribution in [0.15, 0.2) is 6.07 Å². The van der Waals surface area contributed by atoms with Crippen molar-refractivity contribution >= 4 is 17.3 Å². The fourth-order valence-electron chi connectivity index (χ4n) is 2.68. The van der Waals surface area contributed by atoms with E-state index >= 15 is 0 Å². The van der Waals surface area contributed by atoms with Crippen LogP contribution in [0.2, 0.25) is 0 Å². The number of carbonyl (C=O) groups excluding carboxylic acids is 1. The molecule has 1 aromatic rings. The van der Waals surface area contributed by atoms with Crippen LogP contribution in [0.25, 0.3) is 0 Å². The van der Waals surface area contributed by atoms with E-state index in [2.05, 4.69) is 24.8 Å². The molecule has 20 heavy (non-hydrogen) atoms. The number of ether oxygens (including phenoxy) is 2. The van der Waals surface area contributed by atoms with Gasteiger partial charge in [-0.05, 0) is 32.4 Å². The van der Waals surface area contributed by atoms with Crippen LogP contribution in [-0.4, -0.2) is 43.8 Å². The molecule has 1 atom stereocenters. The summed E-state index contributed by atoms with van der Waals surface area (Å²) in [5.41, 5.74) is 1.27. The van der Waals surface area contributed by atoms with Gasteiger partial charge in [0.05, 0.1) is 26.2 Å². The first-order chi connectivity index (χ1) is 9.61. The van der Waals surface area contributed by atoms with Crippen LogP contribution in [0, 0.1) is 13.8 Å². The summed E-state index contributed by atoms with van der Waals surface area (Å²) in [5, 5.41) is 0. The summed E-state index contributed by atoms with van der Waals surface area (Å²) in [6.45, 7) is 9.76. The topological polar surface area (TPSA) is 38.8 Å². The minimum atomic E-state index is -0.118. The number of esters is 1. The Morgan fingerprint density at radius 1 is 1.45 bits per heavy atom. The molecule has 0 aromatic carbocycles. The molecule has 1 aliphatic heterocycles. The van der Waals surface area contributed by atoms with E-state index < -0.39 is 0 Å². The summed E-state index contributed by atoms with van der Waals surface area (Å²) in [6.07, 6.45) is 0.421. The van der Waals surface area contributed by atoms with E-state index in [1.165, 1.54) is 15.3 Å². The van der Waals surface area contributed by atoms with Gasteiger partial charge in [-0.15, -0.1) is 11.3 Å². The average molecular weight is 297 g/mol. The summed E-state index contributed by atoms with van der Waals surface area (Å²) >= 11 is 1.79. The zero-order valence-corrected chi connectivity index (χ0v) is 13.3. The quantitative estimate of drug-likeness (QED) is 0.783. The fourth-order valence-corrected chi connectivity index (χ4v) is 3.67. The normalized spacial score (nSPS) is 17.9. The Bertz CT molecular complexity index is 452. The third kappa shape index (κ3) is 3.81. The average Bonchev–Trinajstić information content (AvgIpc) is 2.76. The molecule has 1 aliphatic rings. The van der Waals surface area contributed by atoms with Gasteiger partial charge in [-0.3, -0.25) is 9.69 Å². The molecule has 1 saturated heterocycles. The van der Waals surface area contributed by atoms with Gasteiger partial charge in [0, 0.05) is 28.9 Å². The lowest BCUT2D eigenvalue weighted by atomic mass is 10.0. The number of hydrogen-bond donors (Lipinski definition) is 0. The van der Waals surface area contributed by atoms with Gasteiger partial charge in [0.25, 0.3) is 0 Å². The second kappa shape index (κ2) is 7.20. The highest BCUT2D eigenvalue weighted by molar-refractivity contribution is 7.12. The maximum Gasteiger partial charge on any atom is 0.307 e. The van der Waals surface area contributed by atoms with Crippen LogP contribution in [0.1, 0.15) is 34.7 Å². The number of aryl methyl sites for hydroxylation is 2. The Labute approximate surface area is 124 Å². The molecule has 1 unspecified atom stereocenters. The molecule has 0 amide bonds. The van der Waals surface area contributed by atoms with Crippen molar-refractivity contribution in [1.82, 2.24) is 4.90 Å². The smallest absolute Gasteiger partial charge is 0.307 e. The Hall–Kier alpha value is -0.910. The molecular weight excluding hydrogens is 274 g/mol. The fraction of sp³-hybridized carbons (Fsp3) is 0.667. The van der Waals surface area contributed by atoms with Gasteiger partial charge >= 0.3 is 5.97 Å². The van der Waals surface area contributed by atoms with E-state index in [0.29, 0.717) is 13.0 Å². The Morgan fingerprint density at radius 3 is 2.70 bits per heavy atom. The van der Waals surface area contributed by atoms with Crippen LogP contribution in [0.5, 0.6) is 0 Å². The second-order valence-corrected chi connectivity index (χ2v) is 6.50. The monoisotopic (exact) mass is 297 g/mol. The van der Waals surface area contributed by atoms with Gasteiger partial charge in [0.15, 0.2) is 0 Å². The molecule has 112 valence electrons. The minimum Gasteiger partial charge on any atom is -0.466 e. The van der Waals surface area contributed by atoms with Crippen molar-refractivity contribution in [3.05, 3.63) is 21.4 Å². The van der Waals surface area contributed by atoms with E-state index in [1.807, 2.05) is 6.92 Å². The number of hydrogen-bond acceptors (Lipinski definition) is 5. The highest BCUT2D eigenvalue weighted by Crippen LogP contribution is 2.33. The molecule has 2 heterocycles. The summed E-state index contributed by atoms with van der Waals surface area (Å²) in [7, 11) is 0. The van der Waals surface area contributed by atoms with Crippen molar-refractivity contribution in [3.8, 4) is 0 Å². The Balaban J connectivity index is 2.18. The zero-order chi connectivity index (χ0) is 14.5. The first kappa shape index (κ1) is 15.5. The van der Waals surface area contributed by atoms with Gasteiger partial charge in [-0.1, -0.05) is 0 Å². The molecule has 2 rings (SSSR count). The van der Waals surface area contributed by atoms with Crippen LogP contribution < -0.4 is 0 Å². The van der Waals surface area contributed by atoms with Crippen molar-refractivity contribution in [1.29, 1.82) is 0 Å².